The molecule has 26 heavy (non-hydrogen) atoms. The van der Waals surface area contributed by atoms with Crippen molar-refractivity contribution in [3.63, 3.8) is 0 Å². The molecule has 0 aliphatic heterocycles. The van der Waals surface area contributed by atoms with E-state index in [0.29, 0.717) is 6.54 Å². The molecule has 3 heteroatoms. The number of hydrogen-bond acceptors (Lipinski definition) is 1. The van der Waals surface area contributed by atoms with Crippen LogP contribution in [0, 0.1) is 5.92 Å². The first-order valence-electron chi connectivity index (χ1n) is 9.66. The zero-order valence-electron chi connectivity index (χ0n) is 15.3. The molecule has 0 spiro atoms. The summed E-state index contributed by atoms with van der Waals surface area (Å²) in [5.74, 6) is 0.746. The minimum atomic E-state index is 0.0266. The van der Waals surface area contributed by atoms with Crippen molar-refractivity contribution < 1.29 is 4.79 Å². The number of fused-ring (bicyclic) bond motifs is 3. The lowest BCUT2D eigenvalue weighted by Gasteiger charge is -2.18. The van der Waals surface area contributed by atoms with Crippen LogP contribution < -0.4 is 5.32 Å². The molecule has 1 aliphatic carbocycles. The number of aromatic amines is 1. The Bertz CT molecular complexity index is 911. The summed E-state index contributed by atoms with van der Waals surface area (Å²) in [4.78, 5) is 16.1. The Hall–Kier alpha value is -2.55. The summed E-state index contributed by atoms with van der Waals surface area (Å²) in [7, 11) is 0. The van der Waals surface area contributed by atoms with Gasteiger partial charge in [0.25, 0.3) is 5.91 Å². The Kier molecular flexibility index (Phi) is 4.79. The second kappa shape index (κ2) is 7.36. The van der Waals surface area contributed by atoms with Crippen LogP contribution in [0.4, 0.5) is 0 Å². The number of carbonyl (C=O) groups excluding carboxylic acids is 1. The zero-order chi connectivity index (χ0) is 17.9. The van der Waals surface area contributed by atoms with Crippen molar-refractivity contribution in [1.29, 1.82) is 0 Å². The summed E-state index contributed by atoms with van der Waals surface area (Å²) in [6.45, 7) is 3.01. The molecule has 0 unspecified atom stereocenters. The van der Waals surface area contributed by atoms with Crippen molar-refractivity contribution in [2.75, 3.05) is 6.54 Å². The van der Waals surface area contributed by atoms with Gasteiger partial charge in [-0.15, -0.1) is 0 Å². The summed E-state index contributed by atoms with van der Waals surface area (Å²) >= 11 is 0. The van der Waals surface area contributed by atoms with Crippen molar-refractivity contribution in [2.45, 2.75) is 39.0 Å². The van der Waals surface area contributed by atoms with Crippen LogP contribution in [0.2, 0.25) is 0 Å². The van der Waals surface area contributed by atoms with Crippen molar-refractivity contribution in [3.8, 4) is 0 Å². The number of carbonyl (C=O) groups is 1. The van der Waals surface area contributed by atoms with E-state index in [-0.39, 0.29) is 5.91 Å². The van der Waals surface area contributed by atoms with E-state index in [1.54, 1.807) is 0 Å². The Labute approximate surface area is 154 Å². The van der Waals surface area contributed by atoms with E-state index in [1.807, 2.05) is 12.1 Å². The summed E-state index contributed by atoms with van der Waals surface area (Å²) in [6.07, 6.45) is 5.41. The number of hydrogen-bond donors (Lipinski definition) is 2. The van der Waals surface area contributed by atoms with Crippen LogP contribution in [0.25, 0.3) is 10.9 Å². The Morgan fingerprint density at radius 2 is 2.04 bits per heavy atom. The lowest BCUT2D eigenvalue weighted by Crippen LogP contribution is -2.24. The number of benzene rings is 2. The van der Waals surface area contributed by atoms with Gasteiger partial charge in [-0.1, -0.05) is 37.3 Å². The molecule has 1 aromatic heterocycles. The Morgan fingerprint density at radius 1 is 1.19 bits per heavy atom. The standard InChI is InChI=1S/C23H26N2O/c1-16-9-11-21-19(14-16)20-15-18(10-12-22(20)25-21)23(26)24-13-5-8-17-6-3-2-4-7-17/h2-4,6-7,10,12,15-16,25H,5,8-9,11,13-14H2,1H3,(H,24,26)/t16-/m0/s1. The van der Waals surface area contributed by atoms with Crippen LogP contribution in [-0.2, 0) is 19.3 Å². The van der Waals surface area contributed by atoms with E-state index in [9.17, 15) is 4.79 Å². The summed E-state index contributed by atoms with van der Waals surface area (Å²) in [5.41, 5.74) is 6.01. The fourth-order valence-corrected chi connectivity index (χ4v) is 3.97. The maximum Gasteiger partial charge on any atom is 0.251 e. The molecule has 0 bridgehead atoms. The van der Waals surface area contributed by atoms with Crippen molar-refractivity contribution in [3.05, 3.63) is 70.9 Å². The minimum Gasteiger partial charge on any atom is -0.358 e. The molecule has 0 fully saturated rings. The summed E-state index contributed by atoms with van der Waals surface area (Å²) in [5, 5.41) is 4.29. The summed E-state index contributed by atoms with van der Waals surface area (Å²) < 4.78 is 0. The number of aryl methyl sites for hydroxylation is 2. The molecule has 2 N–H and O–H groups in total. The molecular weight excluding hydrogens is 320 g/mol. The molecule has 134 valence electrons. The van der Waals surface area contributed by atoms with E-state index in [2.05, 4.69) is 53.6 Å². The summed E-state index contributed by atoms with van der Waals surface area (Å²) in [6, 6.07) is 16.5. The first-order chi connectivity index (χ1) is 12.7. The van der Waals surface area contributed by atoms with Gasteiger partial charge in [-0.05, 0) is 67.3 Å². The SMILES string of the molecule is C[C@H]1CCc2[nH]c3ccc(C(=O)NCCCc4ccccc4)cc3c2C1. The van der Waals surface area contributed by atoms with Gasteiger partial charge in [-0.2, -0.15) is 0 Å². The monoisotopic (exact) mass is 346 g/mol. The molecule has 3 nitrogen and oxygen atoms in total. The lowest BCUT2D eigenvalue weighted by atomic mass is 9.87. The maximum atomic E-state index is 12.5. The molecule has 0 saturated heterocycles. The van der Waals surface area contributed by atoms with E-state index < -0.39 is 0 Å². The van der Waals surface area contributed by atoms with Gasteiger partial charge in [0.2, 0.25) is 0 Å². The number of H-pyrrole nitrogens is 1. The smallest absolute Gasteiger partial charge is 0.251 e. The molecule has 1 heterocycles. The highest BCUT2D eigenvalue weighted by molar-refractivity contribution is 5.99. The fourth-order valence-electron chi connectivity index (χ4n) is 3.97. The second-order valence-electron chi connectivity index (χ2n) is 7.54. The Balaban J connectivity index is 1.41. The van der Waals surface area contributed by atoms with Gasteiger partial charge >= 0.3 is 0 Å². The molecule has 1 atom stereocenters. The van der Waals surface area contributed by atoms with E-state index in [4.69, 9.17) is 0 Å². The number of rotatable bonds is 5. The topological polar surface area (TPSA) is 44.9 Å². The normalized spacial score (nSPS) is 16.4. The molecule has 1 aliphatic rings. The van der Waals surface area contributed by atoms with Crippen molar-refractivity contribution in [2.24, 2.45) is 5.92 Å². The second-order valence-corrected chi connectivity index (χ2v) is 7.54. The molecule has 0 radical (unpaired) electrons. The van der Waals surface area contributed by atoms with Gasteiger partial charge in [0.05, 0.1) is 0 Å². The highest BCUT2D eigenvalue weighted by Crippen LogP contribution is 2.32. The quantitative estimate of drug-likeness (QED) is 0.649. The van der Waals surface area contributed by atoms with E-state index >= 15 is 0 Å². The van der Waals surface area contributed by atoms with Crippen LogP contribution in [0.5, 0.6) is 0 Å². The minimum absolute atomic E-state index is 0.0266. The predicted molar refractivity (Wildman–Crippen MR) is 107 cm³/mol. The third kappa shape index (κ3) is 3.52. The van der Waals surface area contributed by atoms with Crippen LogP contribution in [0.15, 0.2) is 48.5 Å². The average molecular weight is 346 g/mol. The average Bonchev–Trinajstić information content (AvgIpc) is 3.03. The predicted octanol–water partition coefficient (Wildman–Crippen LogP) is 4.66. The first-order valence-corrected chi connectivity index (χ1v) is 9.66. The molecule has 2 aromatic carbocycles. The molecular formula is C23H26N2O. The van der Waals surface area contributed by atoms with Gasteiger partial charge in [0.1, 0.15) is 0 Å². The van der Waals surface area contributed by atoms with Gasteiger partial charge in [0, 0.05) is 28.7 Å². The van der Waals surface area contributed by atoms with Gasteiger partial charge in [-0.3, -0.25) is 4.79 Å². The largest absolute Gasteiger partial charge is 0.358 e. The molecule has 0 saturated carbocycles. The molecule has 4 rings (SSSR count). The number of nitrogens with one attached hydrogen (secondary N) is 2. The van der Waals surface area contributed by atoms with Gasteiger partial charge < -0.3 is 10.3 Å². The van der Waals surface area contributed by atoms with E-state index in [1.165, 1.54) is 28.6 Å². The molecule has 3 aromatic rings. The van der Waals surface area contributed by atoms with Crippen LogP contribution in [0.3, 0.4) is 0 Å². The lowest BCUT2D eigenvalue weighted by molar-refractivity contribution is 0.0953. The fraction of sp³-hybridized carbons (Fsp3) is 0.348. The molecule has 1 amide bonds. The van der Waals surface area contributed by atoms with E-state index in [0.717, 1.165) is 42.7 Å². The highest BCUT2D eigenvalue weighted by Gasteiger charge is 2.20. The maximum absolute atomic E-state index is 12.5. The van der Waals surface area contributed by atoms with Crippen LogP contribution >= 0.6 is 0 Å². The van der Waals surface area contributed by atoms with Crippen LogP contribution in [0.1, 0.15) is 46.9 Å². The van der Waals surface area contributed by atoms with Gasteiger partial charge in [0.15, 0.2) is 0 Å². The van der Waals surface area contributed by atoms with Gasteiger partial charge in [-0.25, -0.2) is 0 Å². The third-order valence-electron chi connectivity index (χ3n) is 5.47. The van der Waals surface area contributed by atoms with Crippen molar-refractivity contribution in [1.82, 2.24) is 10.3 Å². The van der Waals surface area contributed by atoms with Crippen LogP contribution in [-0.4, -0.2) is 17.4 Å². The van der Waals surface area contributed by atoms with Crippen molar-refractivity contribution >= 4 is 16.8 Å². The third-order valence-corrected chi connectivity index (χ3v) is 5.47. The first kappa shape index (κ1) is 16.9. The Morgan fingerprint density at radius 3 is 2.88 bits per heavy atom. The number of aromatic nitrogens is 1. The zero-order valence-corrected chi connectivity index (χ0v) is 15.3. The number of amides is 1. The highest BCUT2D eigenvalue weighted by atomic mass is 16.1.